The Bertz CT molecular complexity index is 508. The van der Waals surface area contributed by atoms with Crippen LogP contribution >= 0.6 is 0 Å². The van der Waals surface area contributed by atoms with Gasteiger partial charge in [-0.05, 0) is 25.5 Å². The van der Waals surface area contributed by atoms with Crippen molar-refractivity contribution < 1.29 is 18.5 Å². The van der Waals surface area contributed by atoms with Crippen molar-refractivity contribution in [2.45, 2.75) is 19.4 Å². The molecule has 0 fully saturated rings. The van der Waals surface area contributed by atoms with Gasteiger partial charge >= 0.3 is 5.97 Å². The molecule has 106 valence electrons. The third kappa shape index (κ3) is 4.20. The number of benzene rings is 1. The number of rotatable bonds is 6. The summed E-state index contributed by atoms with van der Waals surface area (Å²) in [5.41, 5.74) is 5.04. The fourth-order valence-electron chi connectivity index (χ4n) is 1.63. The first kappa shape index (κ1) is 15.4. The van der Waals surface area contributed by atoms with Crippen LogP contribution in [0.25, 0.3) is 0 Å². The van der Waals surface area contributed by atoms with Gasteiger partial charge in [-0.25, -0.2) is 9.18 Å². The summed E-state index contributed by atoms with van der Waals surface area (Å²) in [6.45, 7) is 1.83. The van der Waals surface area contributed by atoms with E-state index < -0.39 is 22.6 Å². The molecule has 5 nitrogen and oxygen atoms in total. The largest absolute Gasteiger partial charge is 0.478 e. The highest BCUT2D eigenvalue weighted by Crippen LogP contribution is 2.26. The van der Waals surface area contributed by atoms with Crippen LogP contribution in [0.1, 0.15) is 23.7 Å². The maximum atomic E-state index is 13.3. The van der Waals surface area contributed by atoms with E-state index in [0.717, 1.165) is 6.07 Å². The lowest BCUT2D eigenvalue weighted by atomic mass is 10.1. The number of carboxylic acid groups (broad SMARTS) is 1. The van der Waals surface area contributed by atoms with Gasteiger partial charge in [0.25, 0.3) is 0 Å². The minimum Gasteiger partial charge on any atom is -0.478 e. The van der Waals surface area contributed by atoms with E-state index in [1.54, 1.807) is 6.26 Å². The fourth-order valence-corrected chi connectivity index (χ4v) is 2.31. The van der Waals surface area contributed by atoms with E-state index in [2.05, 4.69) is 5.32 Å². The van der Waals surface area contributed by atoms with Crippen molar-refractivity contribution in [3.05, 3.63) is 23.5 Å². The number of carboxylic acids is 1. The summed E-state index contributed by atoms with van der Waals surface area (Å²) in [6.07, 6.45) is 2.21. The number of nitrogen functional groups attached to an aromatic ring is 1. The van der Waals surface area contributed by atoms with Gasteiger partial charge in [-0.1, -0.05) is 0 Å². The Labute approximate surface area is 113 Å². The molecule has 19 heavy (non-hydrogen) atoms. The average Bonchev–Trinajstić information content (AvgIpc) is 2.31. The van der Waals surface area contributed by atoms with E-state index in [1.165, 1.54) is 6.07 Å². The Hall–Kier alpha value is -1.63. The predicted octanol–water partition coefficient (Wildman–Crippen LogP) is 1.68. The van der Waals surface area contributed by atoms with Crippen molar-refractivity contribution in [1.82, 2.24) is 0 Å². The monoisotopic (exact) mass is 288 g/mol. The molecular weight excluding hydrogens is 271 g/mol. The van der Waals surface area contributed by atoms with Crippen LogP contribution in [-0.4, -0.2) is 33.3 Å². The van der Waals surface area contributed by atoms with Crippen molar-refractivity contribution in [3.63, 3.8) is 0 Å². The lowest BCUT2D eigenvalue weighted by molar-refractivity contribution is 0.0698. The molecule has 0 aromatic heterocycles. The number of nitrogens with two attached hydrogens (primary N) is 1. The first-order valence-electron chi connectivity index (χ1n) is 5.70. The van der Waals surface area contributed by atoms with E-state index >= 15 is 0 Å². The topological polar surface area (TPSA) is 92.4 Å². The minimum absolute atomic E-state index is 0.0909. The average molecular weight is 288 g/mol. The molecule has 0 heterocycles. The van der Waals surface area contributed by atoms with Gasteiger partial charge in [-0.2, -0.15) is 0 Å². The molecule has 2 unspecified atom stereocenters. The number of aromatic carboxylic acids is 1. The van der Waals surface area contributed by atoms with E-state index in [9.17, 15) is 13.4 Å². The van der Waals surface area contributed by atoms with Crippen LogP contribution < -0.4 is 11.1 Å². The molecule has 4 N–H and O–H groups in total. The van der Waals surface area contributed by atoms with Gasteiger partial charge in [0.05, 0.1) is 11.4 Å². The summed E-state index contributed by atoms with van der Waals surface area (Å²) >= 11 is 0. The maximum absolute atomic E-state index is 13.3. The molecule has 0 amide bonds. The van der Waals surface area contributed by atoms with Crippen molar-refractivity contribution >= 4 is 28.1 Å². The molecule has 2 atom stereocenters. The molecule has 1 aromatic rings. The summed E-state index contributed by atoms with van der Waals surface area (Å²) in [7, 11) is -0.907. The van der Waals surface area contributed by atoms with Crippen molar-refractivity contribution in [2.24, 2.45) is 0 Å². The molecule has 0 saturated heterocycles. The van der Waals surface area contributed by atoms with Gasteiger partial charge in [-0.15, -0.1) is 0 Å². The van der Waals surface area contributed by atoms with Crippen LogP contribution in [0, 0.1) is 5.82 Å². The number of halogens is 1. The number of hydrogen-bond donors (Lipinski definition) is 3. The number of anilines is 2. The molecule has 1 rings (SSSR count). The van der Waals surface area contributed by atoms with E-state index in [-0.39, 0.29) is 23.0 Å². The van der Waals surface area contributed by atoms with Gasteiger partial charge < -0.3 is 16.2 Å². The Balaban J connectivity index is 2.92. The Morgan fingerprint density at radius 3 is 2.74 bits per heavy atom. The summed E-state index contributed by atoms with van der Waals surface area (Å²) in [6, 6.07) is 2.37. The Kier molecular flexibility index (Phi) is 5.29. The molecule has 7 heteroatoms. The normalized spacial score (nSPS) is 13.8. The minimum atomic E-state index is -1.29. The van der Waals surface area contributed by atoms with Crippen LogP contribution in [-0.2, 0) is 10.8 Å². The smallest absolute Gasteiger partial charge is 0.340 e. The molecule has 0 aliphatic carbocycles. The predicted molar refractivity (Wildman–Crippen MR) is 74.4 cm³/mol. The first-order chi connectivity index (χ1) is 8.82. The van der Waals surface area contributed by atoms with Crippen molar-refractivity contribution in [2.75, 3.05) is 23.1 Å². The highest BCUT2D eigenvalue weighted by molar-refractivity contribution is 7.84. The van der Waals surface area contributed by atoms with Gasteiger partial charge in [0, 0.05) is 28.9 Å². The molecule has 0 aliphatic rings. The van der Waals surface area contributed by atoms with Crippen molar-refractivity contribution in [3.8, 4) is 0 Å². The van der Waals surface area contributed by atoms with E-state index in [0.29, 0.717) is 12.2 Å². The molecule has 0 aliphatic heterocycles. The Morgan fingerprint density at radius 1 is 1.58 bits per heavy atom. The first-order valence-corrected chi connectivity index (χ1v) is 7.43. The molecule has 1 aromatic carbocycles. The van der Waals surface area contributed by atoms with Crippen LogP contribution in [0.4, 0.5) is 15.8 Å². The zero-order valence-electron chi connectivity index (χ0n) is 10.8. The summed E-state index contributed by atoms with van der Waals surface area (Å²) in [5, 5.41) is 12.0. The molecule has 0 spiro atoms. The van der Waals surface area contributed by atoms with Gasteiger partial charge in [0.15, 0.2) is 0 Å². The van der Waals surface area contributed by atoms with E-state index in [1.807, 2.05) is 6.92 Å². The number of carbonyl (C=O) groups is 1. The van der Waals surface area contributed by atoms with Gasteiger partial charge in [0.1, 0.15) is 11.4 Å². The highest BCUT2D eigenvalue weighted by Gasteiger charge is 2.18. The van der Waals surface area contributed by atoms with Crippen LogP contribution in [0.15, 0.2) is 12.1 Å². The summed E-state index contributed by atoms with van der Waals surface area (Å²) in [4.78, 5) is 11.1. The summed E-state index contributed by atoms with van der Waals surface area (Å²) in [5.74, 6) is -1.54. The lowest BCUT2D eigenvalue weighted by Crippen LogP contribution is -2.20. The molecule has 0 radical (unpaired) electrons. The molecule has 0 saturated carbocycles. The molecular formula is C12H17FN2O3S. The van der Waals surface area contributed by atoms with Gasteiger partial charge in [0.2, 0.25) is 0 Å². The standard InChI is InChI=1S/C12H17FN2O3S/c1-7(5-6-19(2)18)15-9-4-3-8(13)11(14)10(9)12(16)17/h3-4,7,15H,5-6,14H2,1-2H3,(H,16,17). The highest BCUT2D eigenvalue weighted by atomic mass is 32.2. The van der Waals surface area contributed by atoms with Crippen LogP contribution in [0.2, 0.25) is 0 Å². The number of hydrogen-bond acceptors (Lipinski definition) is 4. The second-order valence-electron chi connectivity index (χ2n) is 4.30. The second-order valence-corrected chi connectivity index (χ2v) is 5.85. The fraction of sp³-hybridized carbons (Fsp3) is 0.417. The quantitative estimate of drug-likeness (QED) is 0.693. The maximum Gasteiger partial charge on any atom is 0.340 e. The van der Waals surface area contributed by atoms with Crippen LogP contribution in [0.5, 0.6) is 0 Å². The molecule has 0 bridgehead atoms. The number of nitrogens with one attached hydrogen (secondary N) is 1. The van der Waals surface area contributed by atoms with Crippen LogP contribution in [0.3, 0.4) is 0 Å². The summed E-state index contributed by atoms with van der Waals surface area (Å²) < 4.78 is 24.2. The Morgan fingerprint density at radius 2 is 2.21 bits per heavy atom. The van der Waals surface area contributed by atoms with Gasteiger partial charge in [-0.3, -0.25) is 4.21 Å². The zero-order valence-corrected chi connectivity index (χ0v) is 11.6. The van der Waals surface area contributed by atoms with Crippen molar-refractivity contribution in [1.29, 1.82) is 0 Å². The van der Waals surface area contributed by atoms with E-state index in [4.69, 9.17) is 10.8 Å². The third-order valence-corrected chi connectivity index (χ3v) is 3.46. The second kappa shape index (κ2) is 6.51. The SMILES string of the molecule is CC(CCS(C)=O)Nc1ccc(F)c(N)c1C(=O)O. The third-order valence-electron chi connectivity index (χ3n) is 2.65. The zero-order chi connectivity index (χ0) is 14.6. The lowest BCUT2D eigenvalue weighted by Gasteiger charge is -2.17.